The molecule has 1 rings (SSSR count). The maximum Gasteiger partial charge on any atom is 0.137 e. The molecule has 0 aliphatic rings. The highest BCUT2D eigenvalue weighted by atomic mass is 79.9. The van der Waals surface area contributed by atoms with Gasteiger partial charge in [0.1, 0.15) is 11.7 Å². The second kappa shape index (κ2) is 5.26. The van der Waals surface area contributed by atoms with Crippen LogP contribution in [0.2, 0.25) is 0 Å². The molecule has 0 bridgehead atoms. The second-order valence-electron chi connectivity index (χ2n) is 3.15. The maximum absolute atomic E-state index is 13.0. The van der Waals surface area contributed by atoms with E-state index in [9.17, 15) is 4.39 Å². The zero-order chi connectivity index (χ0) is 11.4. The SMILES string of the molecule is CCN(CC)C(=N)c1ccc(F)c(Br)c1. The fraction of sp³-hybridized carbons (Fsp3) is 0.364. The summed E-state index contributed by atoms with van der Waals surface area (Å²) in [4.78, 5) is 1.92. The first kappa shape index (κ1) is 12.2. The van der Waals surface area contributed by atoms with Gasteiger partial charge in [-0.05, 0) is 48.0 Å². The highest BCUT2D eigenvalue weighted by molar-refractivity contribution is 9.10. The van der Waals surface area contributed by atoms with Crippen molar-refractivity contribution in [3.05, 3.63) is 34.1 Å². The number of halogens is 2. The zero-order valence-electron chi connectivity index (χ0n) is 8.85. The van der Waals surface area contributed by atoms with E-state index in [0.29, 0.717) is 10.3 Å². The molecule has 0 spiro atoms. The molecular formula is C11H14BrFN2. The van der Waals surface area contributed by atoms with Crippen molar-refractivity contribution >= 4 is 21.8 Å². The highest BCUT2D eigenvalue weighted by Gasteiger charge is 2.09. The van der Waals surface area contributed by atoms with E-state index in [1.165, 1.54) is 6.07 Å². The number of rotatable bonds is 3. The van der Waals surface area contributed by atoms with Crippen molar-refractivity contribution in [2.45, 2.75) is 13.8 Å². The average Bonchev–Trinajstić information content (AvgIpc) is 2.23. The van der Waals surface area contributed by atoms with Crippen molar-refractivity contribution < 1.29 is 4.39 Å². The van der Waals surface area contributed by atoms with Crippen molar-refractivity contribution in [2.24, 2.45) is 0 Å². The van der Waals surface area contributed by atoms with Gasteiger partial charge in [0.15, 0.2) is 0 Å². The van der Waals surface area contributed by atoms with Crippen molar-refractivity contribution in [2.75, 3.05) is 13.1 Å². The Labute approximate surface area is 97.7 Å². The van der Waals surface area contributed by atoms with Crippen LogP contribution in [-0.2, 0) is 0 Å². The van der Waals surface area contributed by atoms with Gasteiger partial charge in [-0.1, -0.05) is 0 Å². The van der Waals surface area contributed by atoms with Crippen LogP contribution in [-0.4, -0.2) is 23.8 Å². The Bertz CT molecular complexity index is 362. The van der Waals surface area contributed by atoms with Crippen LogP contribution in [0.3, 0.4) is 0 Å². The molecule has 1 aromatic carbocycles. The zero-order valence-corrected chi connectivity index (χ0v) is 10.4. The summed E-state index contributed by atoms with van der Waals surface area (Å²) >= 11 is 3.12. The first-order valence-electron chi connectivity index (χ1n) is 4.89. The monoisotopic (exact) mass is 272 g/mol. The fourth-order valence-electron chi connectivity index (χ4n) is 1.37. The lowest BCUT2D eigenvalue weighted by Gasteiger charge is -2.21. The predicted molar refractivity (Wildman–Crippen MR) is 63.8 cm³/mol. The van der Waals surface area contributed by atoms with Crippen LogP contribution < -0.4 is 0 Å². The summed E-state index contributed by atoms with van der Waals surface area (Å²) in [5, 5.41) is 7.94. The van der Waals surface area contributed by atoms with E-state index < -0.39 is 0 Å². The molecule has 15 heavy (non-hydrogen) atoms. The molecule has 0 aromatic heterocycles. The van der Waals surface area contributed by atoms with Crippen LogP contribution in [0.4, 0.5) is 4.39 Å². The molecule has 82 valence electrons. The van der Waals surface area contributed by atoms with Gasteiger partial charge in [-0.2, -0.15) is 0 Å². The van der Waals surface area contributed by atoms with E-state index >= 15 is 0 Å². The van der Waals surface area contributed by atoms with Crippen LogP contribution in [0, 0.1) is 11.2 Å². The molecule has 1 N–H and O–H groups in total. The Morgan fingerprint density at radius 2 is 2.00 bits per heavy atom. The molecule has 0 saturated heterocycles. The van der Waals surface area contributed by atoms with Gasteiger partial charge in [0.25, 0.3) is 0 Å². The molecule has 0 unspecified atom stereocenters. The van der Waals surface area contributed by atoms with Gasteiger partial charge in [-0.15, -0.1) is 0 Å². The van der Waals surface area contributed by atoms with Crippen molar-refractivity contribution in [1.82, 2.24) is 4.90 Å². The minimum absolute atomic E-state index is 0.300. The van der Waals surface area contributed by atoms with Crippen LogP contribution in [0.5, 0.6) is 0 Å². The third-order valence-electron chi connectivity index (χ3n) is 2.27. The molecule has 0 fully saturated rings. The molecule has 0 amide bonds. The van der Waals surface area contributed by atoms with Crippen LogP contribution in [0.25, 0.3) is 0 Å². The quantitative estimate of drug-likeness (QED) is 0.664. The Morgan fingerprint density at radius 3 is 2.47 bits per heavy atom. The normalized spacial score (nSPS) is 10.1. The summed E-state index contributed by atoms with van der Waals surface area (Å²) in [7, 11) is 0. The van der Waals surface area contributed by atoms with Crippen LogP contribution >= 0.6 is 15.9 Å². The van der Waals surface area contributed by atoms with E-state index in [0.717, 1.165) is 18.7 Å². The number of hydrogen-bond donors (Lipinski definition) is 1. The van der Waals surface area contributed by atoms with E-state index in [-0.39, 0.29) is 5.82 Å². The fourth-order valence-corrected chi connectivity index (χ4v) is 1.74. The smallest absolute Gasteiger partial charge is 0.137 e. The Balaban J connectivity index is 2.96. The van der Waals surface area contributed by atoms with Gasteiger partial charge in [-0.3, -0.25) is 5.41 Å². The molecule has 0 radical (unpaired) electrons. The summed E-state index contributed by atoms with van der Waals surface area (Å²) in [6.07, 6.45) is 0. The highest BCUT2D eigenvalue weighted by Crippen LogP contribution is 2.17. The Morgan fingerprint density at radius 1 is 1.40 bits per heavy atom. The number of hydrogen-bond acceptors (Lipinski definition) is 1. The number of amidine groups is 1. The lowest BCUT2D eigenvalue weighted by Crippen LogP contribution is -2.30. The molecule has 0 atom stereocenters. The summed E-state index contributed by atoms with van der Waals surface area (Å²) in [5.41, 5.74) is 0.729. The minimum atomic E-state index is -0.300. The third kappa shape index (κ3) is 2.78. The summed E-state index contributed by atoms with van der Waals surface area (Å²) in [6, 6.07) is 4.63. The van der Waals surface area contributed by atoms with Crippen molar-refractivity contribution in [3.63, 3.8) is 0 Å². The predicted octanol–water partition coefficient (Wildman–Crippen LogP) is 3.26. The topological polar surface area (TPSA) is 27.1 Å². The van der Waals surface area contributed by atoms with Gasteiger partial charge in [0, 0.05) is 18.7 Å². The molecule has 2 nitrogen and oxygen atoms in total. The number of benzene rings is 1. The van der Waals surface area contributed by atoms with E-state index in [4.69, 9.17) is 5.41 Å². The van der Waals surface area contributed by atoms with Crippen molar-refractivity contribution in [3.8, 4) is 0 Å². The van der Waals surface area contributed by atoms with E-state index in [2.05, 4.69) is 15.9 Å². The molecule has 1 aromatic rings. The van der Waals surface area contributed by atoms with E-state index in [1.54, 1.807) is 12.1 Å². The first-order chi connectivity index (χ1) is 7.10. The number of nitrogens with one attached hydrogen (secondary N) is 1. The minimum Gasteiger partial charge on any atom is -0.357 e. The lowest BCUT2D eigenvalue weighted by molar-refractivity contribution is 0.463. The van der Waals surface area contributed by atoms with Gasteiger partial charge in [0.05, 0.1) is 4.47 Å². The molecule has 0 saturated carbocycles. The van der Waals surface area contributed by atoms with Gasteiger partial charge in [0.2, 0.25) is 0 Å². The largest absolute Gasteiger partial charge is 0.357 e. The molecule has 0 heterocycles. The van der Waals surface area contributed by atoms with Gasteiger partial charge in [-0.25, -0.2) is 4.39 Å². The average molecular weight is 273 g/mol. The maximum atomic E-state index is 13.0. The van der Waals surface area contributed by atoms with E-state index in [1.807, 2.05) is 18.7 Å². The Hall–Kier alpha value is -0.900. The van der Waals surface area contributed by atoms with Gasteiger partial charge >= 0.3 is 0 Å². The van der Waals surface area contributed by atoms with Crippen molar-refractivity contribution in [1.29, 1.82) is 5.41 Å². The molecule has 4 heteroatoms. The molecular weight excluding hydrogens is 259 g/mol. The summed E-state index contributed by atoms with van der Waals surface area (Å²) < 4.78 is 13.4. The van der Waals surface area contributed by atoms with Crippen LogP contribution in [0.15, 0.2) is 22.7 Å². The first-order valence-corrected chi connectivity index (χ1v) is 5.68. The second-order valence-corrected chi connectivity index (χ2v) is 4.00. The lowest BCUT2D eigenvalue weighted by atomic mass is 10.2. The standard InChI is InChI=1S/C11H14BrFN2/c1-3-15(4-2)11(14)8-5-6-10(13)9(12)7-8/h5-7,14H,3-4H2,1-2H3. The van der Waals surface area contributed by atoms with Crippen LogP contribution in [0.1, 0.15) is 19.4 Å². The number of nitrogens with zero attached hydrogens (tertiary/aromatic N) is 1. The summed E-state index contributed by atoms with van der Waals surface area (Å²) in [5.74, 6) is 0.131. The Kier molecular flexibility index (Phi) is 4.27. The van der Waals surface area contributed by atoms with Gasteiger partial charge < -0.3 is 4.90 Å². The molecule has 0 aliphatic heterocycles. The molecule has 0 aliphatic carbocycles. The third-order valence-corrected chi connectivity index (χ3v) is 2.88. The summed E-state index contributed by atoms with van der Waals surface area (Å²) in [6.45, 7) is 5.56.